The highest BCUT2D eigenvalue weighted by Crippen LogP contribution is 2.23. The molecule has 0 saturated carbocycles. The molecular formula is C47H91NO8. The molecule has 1 heterocycles. The van der Waals surface area contributed by atoms with E-state index in [1.54, 1.807) is 6.08 Å². The van der Waals surface area contributed by atoms with Gasteiger partial charge >= 0.3 is 0 Å². The fraction of sp³-hybridized carbons (Fsp3) is 0.936. The highest BCUT2D eigenvalue weighted by atomic mass is 16.7. The molecule has 0 spiro atoms. The minimum absolute atomic E-state index is 0.175. The van der Waals surface area contributed by atoms with Gasteiger partial charge in [-0.3, -0.25) is 4.79 Å². The van der Waals surface area contributed by atoms with Crippen molar-refractivity contribution < 1.29 is 39.8 Å². The van der Waals surface area contributed by atoms with Gasteiger partial charge in [-0.05, 0) is 25.2 Å². The number of carbonyl (C=O) groups is 1. The average Bonchev–Trinajstić information content (AvgIpc) is 3.20. The molecule has 56 heavy (non-hydrogen) atoms. The topological polar surface area (TPSA) is 149 Å². The van der Waals surface area contributed by atoms with Crippen LogP contribution in [0.15, 0.2) is 12.2 Å². The Morgan fingerprint density at radius 1 is 0.661 bits per heavy atom. The van der Waals surface area contributed by atoms with Crippen molar-refractivity contribution in [2.45, 2.75) is 263 Å². The summed E-state index contributed by atoms with van der Waals surface area (Å²) in [4.78, 5) is 13.0. The molecule has 8 atom stereocenters. The number of rotatable bonds is 39. The van der Waals surface area contributed by atoms with Crippen molar-refractivity contribution in [1.82, 2.24) is 5.32 Å². The van der Waals surface area contributed by atoms with Gasteiger partial charge in [0.05, 0.1) is 25.4 Å². The lowest BCUT2D eigenvalue weighted by Crippen LogP contribution is -2.60. The summed E-state index contributed by atoms with van der Waals surface area (Å²) in [7, 11) is 0. The zero-order valence-electron chi connectivity index (χ0n) is 36.6. The van der Waals surface area contributed by atoms with Crippen LogP contribution < -0.4 is 5.32 Å². The summed E-state index contributed by atoms with van der Waals surface area (Å²) in [6.07, 6.45) is 34.1. The van der Waals surface area contributed by atoms with Gasteiger partial charge in [0.2, 0.25) is 5.91 Å². The Labute approximate surface area is 344 Å². The van der Waals surface area contributed by atoms with Gasteiger partial charge in [-0.1, -0.05) is 206 Å². The van der Waals surface area contributed by atoms with E-state index in [-0.39, 0.29) is 12.5 Å². The van der Waals surface area contributed by atoms with Crippen LogP contribution in [0.4, 0.5) is 0 Å². The lowest BCUT2D eigenvalue weighted by molar-refractivity contribution is -0.302. The highest BCUT2D eigenvalue weighted by Gasteiger charge is 2.44. The number of carbonyl (C=O) groups excluding carboxylic acids is 1. The molecule has 0 aromatic rings. The molecule has 0 aliphatic carbocycles. The molecule has 9 nitrogen and oxygen atoms in total. The van der Waals surface area contributed by atoms with Crippen LogP contribution in [-0.2, 0) is 14.3 Å². The maximum Gasteiger partial charge on any atom is 0.220 e. The van der Waals surface area contributed by atoms with Crippen LogP contribution in [0.1, 0.15) is 220 Å². The van der Waals surface area contributed by atoms with Crippen molar-refractivity contribution in [3.63, 3.8) is 0 Å². The molecule has 1 saturated heterocycles. The molecule has 1 aliphatic heterocycles. The first-order valence-electron chi connectivity index (χ1n) is 23.8. The van der Waals surface area contributed by atoms with Crippen LogP contribution in [0.3, 0.4) is 0 Å². The number of hydrogen-bond acceptors (Lipinski definition) is 8. The van der Waals surface area contributed by atoms with Gasteiger partial charge < -0.3 is 40.3 Å². The van der Waals surface area contributed by atoms with E-state index in [9.17, 15) is 30.3 Å². The zero-order chi connectivity index (χ0) is 41.1. The number of amides is 1. The standard InChI is InChI=1S/C47H91NO8/c1-4-6-7-8-9-10-11-12-13-14-15-16-17-18-19-20-21-22-27-30-33-36-43(51)48-40(38-55-47-46(54)45(53)44(52)42(37-49)56-47)41(50)35-32-29-26-24-23-25-28-31-34-39(3)5-2/h32,35,39-42,44-47,49-50,52-54H,4-31,33-34,36-38H2,1-3H3,(H,48,51)/b35-32+/t39?,40-,41+,42+,44+,45-,46+,47+/m0/s1. The molecular weight excluding hydrogens is 707 g/mol. The van der Waals surface area contributed by atoms with E-state index < -0.39 is 49.5 Å². The summed E-state index contributed by atoms with van der Waals surface area (Å²) < 4.78 is 11.2. The fourth-order valence-corrected chi connectivity index (χ4v) is 7.66. The summed E-state index contributed by atoms with van der Waals surface area (Å²) >= 11 is 0. The van der Waals surface area contributed by atoms with Crippen molar-refractivity contribution in [3.8, 4) is 0 Å². The summed E-state index contributed by atoms with van der Waals surface area (Å²) in [6, 6.07) is -0.800. The highest BCUT2D eigenvalue weighted by molar-refractivity contribution is 5.76. The van der Waals surface area contributed by atoms with E-state index in [0.717, 1.165) is 44.4 Å². The quantitative estimate of drug-likeness (QED) is 0.0266. The average molecular weight is 798 g/mol. The van der Waals surface area contributed by atoms with E-state index in [2.05, 4.69) is 26.1 Å². The van der Waals surface area contributed by atoms with Crippen LogP contribution in [0.25, 0.3) is 0 Å². The second-order valence-corrected chi connectivity index (χ2v) is 17.2. The third-order valence-electron chi connectivity index (χ3n) is 11.9. The number of aliphatic hydroxyl groups excluding tert-OH is 5. The van der Waals surface area contributed by atoms with Gasteiger partial charge in [0.1, 0.15) is 24.4 Å². The molecule has 1 amide bonds. The molecule has 0 bridgehead atoms. The molecule has 0 aromatic carbocycles. The zero-order valence-corrected chi connectivity index (χ0v) is 36.6. The van der Waals surface area contributed by atoms with Gasteiger partial charge in [-0.2, -0.15) is 0 Å². The number of hydrogen-bond donors (Lipinski definition) is 6. The monoisotopic (exact) mass is 798 g/mol. The van der Waals surface area contributed by atoms with Crippen LogP contribution >= 0.6 is 0 Å². The van der Waals surface area contributed by atoms with E-state index in [1.807, 2.05) is 6.08 Å². The summed E-state index contributed by atoms with van der Waals surface area (Å²) in [5, 5.41) is 54.2. The normalized spacial score (nSPS) is 21.8. The molecule has 1 unspecified atom stereocenters. The lowest BCUT2D eigenvalue weighted by Gasteiger charge is -2.40. The summed E-state index contributed by atoms with van der Waals surface area (Å²) in [5.74, 6) is 0.641. The van der Waals surface area contributed by atoms with Crippen molar-refractivity contribution in [3.05, 3.63) is 12.2 Å². The molecule has 9 heteroatoms. The van der Waals surface area contributed by atoms with Crippen LogP contribution in [0.5, 0.6) is 0 Å². The Morgan fingerprint density at radius 2 is 1.12 bits per heavy atom. The Morgan fingerprint density at radius 3 is 1.61 bits per heavy atom. The molecule has 0 radical (unpaired) electrons. The van der Waals surface area contributed by atoms with E-state index in [0.29, 0.717) is 6.42 Å². The summed E-state index contributed by atoms with van der Waals surface area (Å²) in [5.41, 5.74) is 0. The van der Waals surface area contributed by atoms with Crippen molar-refractivity contribution >= 4 is 5.91 Å². The van der Waals surface area contributed by atoms with Gasteiger partial charge in [-0.25, -0.2) is 0 Å². The molecule has 6 N–H and O–H groups in total. The van der Waals surface area contributed by atoms with Crippen LogP contribution in [0, 0.1) is 5.92 Å². The Bertz CT molecular complexity index is 903. The lowest BCUT2D eigenvalue weighted by atomic mass is 9.99. The molecule has 0 aromatic heterocycles. The Hall–Kier alpha value is -1.07. The van der Waals surface area contributed by atoms with Crippen molar-refractivity contribution in [2.24, 2.45) is 5.92 Å². The maximum absolute atomic E-state index is 13.0. The molecule has 1 rings (SSSR count). The predicted octanol–water partition coefficient (Wildman–Crippen LogP) is 9.97. The number of aliphatic hydroxyl groups is 5. The first-order valence-corrected chi connectivity index (χ1v) is 23.8. The van der Waals surface area contributed by atoms with Gasteiger partial charge in [0, 0.05) is 6.42 Å². The van der Waals surface area contributed by atoms with E-state index >= 15 is 0 Å². The van der Waals surface area contributed by atoms with Crippen LogP contribution in [-0.4, -0.2) is 87.5 Å². The first kappa shape index (κ1) is 52.9. The van der Waals surface area contributed by atoms with Gasteiger partial charge in [-0.15, -0.1) is 0 Å². The van der Waals surface area contributed by atoms with Gasteiger partial charge in [0.15, 0.2) is 6.29 Å². The third kappa shape index (κ3) is 27.6. The first-order chi connectivity index (χ1) is 27.2. The second kappa shape index (κ2) is 37.0. The molecule has 332 valence electrons. The number of unbranched alkanes of at least 4 members (excludes halogenated alkanes) is 26. The van der Waals surface area contributed by atoms with Crippen molar-refractivity contribution in [1.29, 1.82) is 0 Å². The van der Waals surface area contributed by atoms with Crippen molar-refractivity contribution in [2.75, 3.05) is 13.2 Å². The van der Waals surface area contributed by atoms with Gasteiger partial charge in [0.25, 0.3) is 0 Å². The third-order valence-corrected chi connectivity index (χ3v) is 11.9. The minimum atomic E-state index is -1.56. The largest absolute Gasteiger partial charge is 0.394 e. The SMILES string of the molecule is CCCCCCCCCCCCCCCCCCCCCCCC(=O)N[C@@H](CO[C@@H]1O[C@H](CO)[C@@H](O)[C@H](O)[C@H]1O)[C@H](O)/C=C/CCCCCCCCC(C)CC. The summed E-state index contributed by atoms with van der Waals surface area (Å²) in [6.45, 7) is 6.11. The maximum atomic E-state index is 13.0. The predicted molar refractivity (Wildman–Crippen MR) is 230 cm³/mol. The Balaban J connectivity index is 2.28. The number of allylic oxidation sites excluding steroid dienone is 1. The van der Waals surface area contributed by atoms with E-state index in [1.165, 1.54) is 154 Å². The van der Waals surface area contributed by atoms with Crippen LogP contribution in [0.2, 0.25) is 0 Å². The smallest absolute Gasteiger partial charge is 0.220 e. The van der Waals surface area contributed by atoms with E-state index in [4.69, 9.17) is 9.47 Å². The second-order valence-electron chi connectivity index (χ2n) is 17.2. The minimum Gasteiger partial charge on any atom is -0.394 e. The number of ether oxygens (including phenoxy) is 2. The fourth-order valence-electron chi connectivity index (χ4n) is 7.66. The molecule has 1 fully saturated rings. The number of nitrogens with one attached hydrogen (secondary N) is 1. The molecule has 1 aliphatic rings. The Kier molecular flexibility index (Phi) is 35.0.